The number of aliphatic hydroxyl groups is 1. The smallest absolute Gasteiger partial charge is 0.327 e. The molecule has 3 aromatic rings. The Balaban J connectivity index is 1.28. The standard InChI is InChI=1S/C55H73N7O11/c1-29(2)26-61-22-20-55(21-23-61)59-44-41-42-48(65)35(8)51-43(41)52(67)54(9,73-51)71-24-19-39(70-11)33(6)50(72-40(63)28-62(57)27-38(56)36-15-17-37(69-10)18-16-36)34(7)47(64)32(5)25-30(3)13-12-14-31(4)53(68)58-46(49(42)66)45(44)60-55/h12-19,24,27,29-30,32-34,39,47,50,64-66H,20-23,25-26,28,56-57H2,1-11H3,(H,58,68)/b13-12+,24-19+,31-14-,38-27-/t30-,32+,33+,34+,39-,47+,50+,54-/m0/s1. The van der Waals surface area contributed by atoms with Crippen molar-refractivity contribution in [2.24, 2.45) is 51.2 Å². The number of benzene rings is 3. The third-order valence-corrected chi connectivity index (χ3v) is 14.6. The molecule has 18 nitrogen and oxygen atoms in total. The Labute approximate surface area is 427 Å². The molecule has 5 heterocycles. The maximum absolute atomic E-state index is 14.9. The van der Waals surface area contributed by atoms with E-state index in [0.29, 0.717) is 60.9 Å². The van der Waals surface area contributed by atoms with Crippen molar-refractivity contribution in [1.29, 1.82) is 0 Å². The number of hydrogen-bond donors (Lipinski definition) is 6. The van der Waals surface area contributed by atoms with Gasteiger partial charge in [-0.2, -0.15) is 0 Å². The van der Waals surface area contributed by atoms with Crippen LogP contribution >= 0.6 is 0 Å². The van der Waals surface area contributed by atoms with E-state index in [1.54, 1.807) is 70.4 Å². The SMILES string of the molecule is COc1ccc(/C(N)=C/N(N)CC(=O)O[C@H]2[C@H](C)[C@H](O)[C@H](C)C[C@@H](C)/C=C/C=C(/C)C(=O)Nc3c(O)c4c(O)c(C)c5c(c4c4c3=NC3(CCN(CC(C)C)CC3)N=4)C(=O)[C@@](C)(O/C=C/[C@H](OC)[C@H]2C)O5)cc1. The van der Waals surface area contributed by atoms with Crippen molar-refractivity contribution in [2.75, 3.05) is 45.7 Å². The van der Waals surface area contributed by atoms with Gasteiger partial charge in [-0.05, 0) is 73.9 Å². The molecule has 1 fully saturated rings. The van der Waals surface area contributed by atoms with E-state index in [9.17, 15) is 29.7 Å². The summed E-state index contributed by atoms with van der Waals surface area (Å²) in [5.41, 5.74) is 6.77. The van der Waals surface area contributed by atoms with Gasteiger partial charge >= 0.3 is 11.8 Å². The average molecular weight is 1010 g/mol. The Hall–Kier alpha value is -6.47. The summed E-state index contributed by atoms with van der Waals surface area (Å²) < 4.78 is 30.0. The number of phenolic OH excluding ortho intramolecular Hbond substituents is 2. The first-order valence-electron chi connectivity index (χ1n) is 25.1. The fourth-order valence-electron chi connectivity index (χ4n) is 10.5. The molecule has 5 bridgehead atoms. The number of rotatable bonds is 9. The molecular weight excluding hydrogens is 935 g/mol. The number of nitrogens with one attached hydrogen (secondary N) is 1. The van der Waals surface area contributed by atoms with Crippen molar-refractivity contribution in [2.45, 2.75) is 111 Å². The Morgan fingerprint density at radius 3 is 2.32 bits per heavy atom. The summed E-state index contributed by atoms with van der Waals surface area (Å²) in [7, 11) is 3.04. The number of hydrazine groups is 1. The minimum atomic E-state index is -1.99. The summed E-state index contributed by atoms with van der Waals surface area (Å²) in [6.07, 6.45) is 8.51. The molecule has 394 valence electrons. The van der Waals surface area contributed by atoms with Crippen molar-refractivity contribution < 1.29 is 53.4 Å². The van der Waals surface area contributed by atoms with E-state index in [4.69, 9.17) is 45.2 Å². The molecule has 5 aliphatic heterocycles. The number of Topliss-reactive ketones (excluding diaryl/α,β-unsaturated/α-hetero) is 1. The lowest BCUT2D eigenvalue weighted by molar-refractivity contribution is -0.162. The van der Waals surface area contributed by atoms with Crippen molar-refractivity contribution in [1.82, 2.24) is 9.91 Å². The number of aromatic hydroxyl groups is 2. The first-order valence-corrected chi connectivity index (χ1v) is 25.1. The molecule has 0 aliphatic carbocycles. The first-order chi connectivity index (χ1) is 34.5. The zero-order valence-electron chi connectivity index (χ0n) is 43.9. The van der Waals surface area contributed by atoms with Gasteiger partial charge in [-0.25, -0.2) is 5.84 Å². The monoisotopic (exact) mass is 1010 g/mol. The van der Waals surface area contributed by atoms with Crippen molar-refractivity contribution >= 4 is 39.8 Å². The number of fused-ring (bicyclic) bond motifs is 13. The van der Waals surface area contributed by atoms with Gasteiger partial charge in [-0.1, -0.05) is 59.8 Å². The highest BCUT2D eigenvalue weighted by Gasteiger charge is 2.50. The van der Waals surface area contributed by atoms with E-state index in [-0.39, 0.29) is 68.2 Å². The van der Waals surface area contributed by atoms with Crippen LogP contribution in [0.5, 0.6) is 23.0 Å². The molecule has 1 saturated heterocycles. The summed E-state index contributed by atoms with van der Waals surface area (Å²) in [5.74, 6) is 1.10. The van der Waals surface area contributed by atoms with Gasteiger partial charge in [0, 0.05) is 81.1 Å². The number of amides is 1. The zero-order valence-corrected chi connectivity index (χ0v) is 43.9. The molecule has 0 saturated carbocycles. The van der Waals surface area contributed by atoms with Crippen LogP contribution in [0.2, 0.25) is 0 Å². The number of anilines is 1. The van der Waals surface area contributed by atoms with Crippen LogP contribution in [0.1, 0.15) is 96.1 Å². The molecule has 8 rings (SSSR count). The lowest BCUT2D eigenvalue weighted by Crippen LogP contribution is -2.46. The van der Waals surface area contributed by atoms with Gasteiger partial charge in [0.05, 0.1) is 47.6 Å². The summed E-state index contributed by atoms with van der Waals surface area (Å²) >= 11 is 0. The molecule has 1 spiro atoms. The van der Waals surface area contributed by atoms with Crippen molar-refractivity contribution in [3.63, 3.8) is 0 Å². The maximum Gasteiger partial charge on any atom is 0.327 e. The number of ether oxygens (including phenoxy) is 5. The van der Waals surface area contributed by atoms with Gasteiger partial charge in [0.15, 0.2) is 11.4 Å². The van der Waals surface area contributed by atoms with Crippen LogP contribution in [0.15, 0.2) is 76.6 Å². The molecule has 0 radical (unpaired) electrons. The van der Waals surface area contributed by atoms with Crippen LogP contribution in [-0.2, 0) is 23.8 Å². The molecule has 8 atom stereocenters. The molecule has 8 N–H and O–H groups in total. The van der Waals surface area contributed by atoms with Gasteiger partial charge in [-0.15, -0.1) is 0 Å². The van der Waals surface area contributed by atoms with E-state index in [0.717, 1.165) is 11.6 Å². The van der Waals surface area contributed by atoms with Gasteiger partial charge in [0.2, 0.25) is 0 Å². The molecule has 73 heavy (non-hydrogen) atoms. The Morgan fingerprint density at radius 2 is 1.67 bits per heavy atom. The van der Waals surface area contributed by atoms with Crippen LogP contribution < -0.4 is 37.1 Å². The average Bonchev–Trinajstić information content (AvgIpc) is 3.85. The van der Waals surface area contributed by atoms with Crippen LogP contribution in [-0.4, -0.2) is 113 Å². The number of nitrogens with two attached hydrogens (primary N) is 2. The number of phenols is 2. The van der Waals surface area contributed by atoms with E-state index >= 15 is 0 Å². The number of piperidine rings is 1. The highest BCUT2D eigenvalue weighted by molar-refractivity contribution is 6.19. The number of carbonyl (C=O) groups excluding carboxylic acids is 3. The fraction of sp³-hybridized carbons (Fsp3) is 0.509. The third kappa shape index (κ3) is 11.2. The second-order valence-electron chi connectivity index (χ2n) is 20.8. The van der Waals surface area contributed by atoms with E-state index in [1.165, 1.54) is 26.5 Å². The van der Waals surface area contributed by atoms with E-state index in [1.807, 2.05) is 26.8 Å². The fourth-order valence-corrected chi connectivity index (χ4v) is 10.5. The van der Waals surface area contributed by atoms with E-state index < -0.39 is 65.0 Å². The molecule has 5 aliphatic rings. The number of esters is 1. The van der Waals surface area contributed by atoms with Crippen LogP contribution in [0.25, 0.3) is 16.5 Å². The molecule has 0 unspecified atom stereocenters. The van der Waals surface area contributed by atoms with Gasteiger partial charge in [0.1, 0.15) is 40.9 Å². The van der Waals surface area contributed by atoms with Crippen LogP contribution in [0.4, 0.5) is 5.69 Å². The van der Waals surface area contributed by atoms with Gasteiger partial charge < -0.3 is 60.0 Å². The molecule has 18 heteroatoms. The maximum atomic E-state index is 14.9. The predicted octanol–water partition coefficient (Wildman–Crippen LogP) is 5.90. The Morgan fingerprint density at radius 1 is 1.00 bits per heavy atom. The number of aliphatic hydroxyl groups excluding tert-OH is 1. The number of allylic oxidation sites excluding steroid dienone is 3. The summed E-state index contributed by atoms with van der Waals surface area (Å²) in [5, 5.41) is 40.6. The minimum Gasteiger partial charge on any atom is -0.507 e. The van der Waals surface area contributed by atoms with Gasteiger partial charge in [-0.3, -0.25) is 24.4 Å². The second kappa shape index (κ2) is 21.9. The molecule has 0 aromatic heterocycles. The van der Waals surface area contributed by atoms with Crippen molar-refractivity contribution in [3.05, 3.63) is 94.0 Å². The Bertz CT molecular complexity index is 2850. The second-order valence-corrected chi connectivity index (χ2v) is 20.8. The number of likely N-dealkylation sites (tertiary alicyclic amines) is 1. The highest BCUT2D eigenvalue weighted by atomic mass is 16.7. The topological polar surface area (TPSA) is 253 Å². The third-order valence-electron chi connectivity index (χ3n) is 14.6. The predicted molar refractivity (Wildman–Crippen MR) is 277 cm³/mol. The first kappa shape index (κ1) is 54.3. The number of carbonyl (C=O) groups is 3. The summed E-state index contributed by atoms with van der Waals surface area (Å²) in [6.45, 7) is 18.4. The highest BCUT2D eigenvalue weighted by Crippen LogP contribution is 2.50. The van der Waals surface area contributed by atoms with Gasteiger partial charge in [0.25, 0.3) is 11.7 Å². The van der Waals surface area contributed by atoms with Crippen LogP contribution in [0.3, 0.4) is 0 Å². The largest absolute Gasteiger partial charge is 0.507 e. The number of methoxy groups -OCH3 is 2. The Kier molecular flexibility index (Phi) is 16.3. The normalized spacial score (nSPS) is 28.3. The quantitative estimate of drug-likeness (QED) is 0.0632. The molecule has 3 aromatic carbocycles. The number of hydrogen-bond acceptors (Lipinski definition) is 17. The summed E-state index contributed by atoms with van der Waals surface area (Å²) in [6, 6.07) is 7.03. The lowest BCUT2D eigenvalue weighted by atomic mass is 9.79. The molecule has 1 amide bonds. The molecular formula is C55H73N7O11. The van der Waals surface area contributed by atoms with E-state index in [2.05, 4.69) is 24.1 Å². The van der Waals surface area contributed by atoms with Crippen molar-refractivity contribution in [3.8, 4) is 23.0 Å². The van der Waals surface area contributed by atoms with Crippen LogP contribution in [0, 0.1) is 36.5 Å². The summed E-state index contributed by atoms with van der Waals surface area (Å²) in [4.78, 5) is 55.5. The zero-order chi connectivity index (χ0) is 53.3. The lowest BCUT2D eigenvalue weighted by Gasteiger charge is -2.37. The number of nitrogens with zero attached hydrogens (tertiary/aromatic N) is 4. The minimum absolute atomic E-state index is 0.0266. The number of ketones is 1.